The normalized spacial score (nSPS) is 12.2. The second-order valence-corrected chi connectivity index (χ2v) is 10.2. The zero-order chi connectivity index (χ0) is 22.9. The van der Waals surface area contributed by atoms with Crippen molar-refractivity contribution in [1.29, 1.82) is 0 Å². The molecule has 0 atom stereocenters. The Balaban J connectivity index is 0.00000512. The number of ether oxygens (including phenoxy) is 2. The number of likely N-dealkylation sites (N-methyl/N-ethyl adjacent to an activating group) is 1. The number of benzene rings is 2. The van der Waals surface area contributed by atoms with E-state index < -0.39 is 0 Å². The smallest absolute Gasteiger partial charge is 0.125 e. The first-order valence-electron chi connectivity index (χ1n) is 11.8. The van der Waals surface area contributed by atoms with Crippen molar-refractivity contribution in [2.75, 3.05) is 40.5 Å². The summed E-state index contributed by atoms with van der Waals surface area (Å²) in [7, 11) is 4.76. The quantitative estimate of drug-likeness (QED) is 0.336. The molecular weight excluding hydrogens is 418 g/mol. The molecule has 0 aliphatic rings. The molecule has 0 aliphatic heterocycles. The van der Waals surface area contributed by atoms with Crippen LogP contribution in [0.1, 0.15) is 51.7 Å². The Labute approximate surface area is 203 Å². The van der Waals surface area contributed by atoms with Crippen LogP contribution in [0, 0.1) is 18.8 Å². The number of aryl methyl sites for hydroxylation is 1. The molecular formula is C28H44ClNO2. The Kier molecular flexibility index (Phi) is 11.8. The Hall–Kier alpha value is -1.55. The Bertz CT molecular complexity index is 764. The van der Waals surface area contributed by atoms with Gasteiger partial charge in [0, 0.05) is 18.4 Å². The first-order chi connectivity index (χ1) is 14.7. The maximum absolute atomic E-state index is 6.03. The molecule has 0 aliphatic carbocycles. The van der Waals surface area contributed by atoms with E-state index in [9.17, 15) is 0 Å². The van der Waals surface area contributed by atoms with Gasteiger partial charge in [0.15, 0.2) is 0 Å². The lowest BCUT2D eigenvalue weighted by atomic mass is 9.74. The standard InChI is InChI=1S/C28H44NO2.ClH/c1-23(2)21-28(22-24(3)4,26-14-9-8-10-15-26)29(6,7)17-18-30-19-20-31-27-16-12-11-13-25(27)5;/h8-16,23-24H,17-22H2,1-7H3;1H/q+1;/p-1. The molecule has 0 saturated heterocycles. The number of quaternary nitrogens is 1. The SMILES string of the molecule is Cc1ccccc1OCCOCC[N+](C)(C)C(CC(C)C)(CC(C)C)c1ccccc1.[Cl-]. The van der Waals surface area contributed by atoms with Gasteiger partial charge in [-0.25, -0.2) is 0 Å². The zero-order valence-corrected chi connectivity index (χ0v) is 22.0. The molecule has 0 fully saturated rings. The van der Waals surface area contributed by atoms with E-state index in [0.29, 0.717) is 25.0 Å². The van der Waals surface area contributed by atoms with Gasteiger partial charge in [0.25, 0.3) is 0 Å². The number of hydrogen-bond acceptors (Lipinski definition) is 2. The molecule has 0 unspecified atom stereocenters. The van der Waals surface area contributed by atoms with Crippen molar-refractivity contribution in [3.05, 3.63) is 65.7 Å². The van der Waals surface area contributed by atoms with E-state index in [1.54, 1.807) is 0 Å². The van der Waals surface area contributed by atoms with Gasteiger partial charge in [-0.3, -0.25) is 0 Å². The highest BCUT2D eigenvalue weighted by molar-refractivity contribution is 5.31. The average molecular weight is 462 g/mol. The molecule has 0 amide bonds. The average Bonchev–Trinajstić information content (AvgIpc) is 2.71. The molecule has 2 rings (SSSR count). The molecule has 2 aromatic carbocycles. The molecule has 180 valence electrons. The molecule has 0 saturated carbocycles. The van der Waals surface area contributed by atoms with Gasteiger partial charge in [0.1, 0.15) is 24.4 Å². The third-order valence-electron chi connectivity index (χ3n) is 6.34. The monoisotopic (exact) mass is 461 g/mol. The summed E-state index contributed by atoms with van der Waals surface area (Å²) < 4.78 is 12.8. The predicted octanol–water partition coefficient (Wildman–Crippen LogP) is 3.46. The number of hydrogen-bond donors (Lipinski definition) is 0. The van der Waals surface area contributed by atoms with Crippen LogP contribution < -0.4 is 17.1 Å². The van der Waals surface area contributed by atoms with Crippen LogP contribution in [0.5, 0.6) is 5.75 Å². The van der Waals surface area contributed by atoms with Crippen molar-refractivity contribution in [2.24, 2.45) is 11.8 Å². The Morgan fingerprint density at radius 3 is 1.91 bits per heavy atom. The van der Waals surface area contributed by atoms with E-state index in [0.717, 1.165) is 28.9 Å². The topological polar surface area (TPSA) is 18.5 Å². The summed E-state index contributed by atoms with van der Waals surface area (Å²) in [5.74, 6) is 2.19. The fourth-order valence-electron chi connectivity index (χ4n) is 4.80. The molecule has 0 spiro atoms. The fourth-order valence-corrected chi connectivity index (χ4v) is 4.80. The van der Waals surface area contributed by atoms with Crippen LogP contribution in [0.4, 0.5) is 0 Å². The summed E-state index contributed by atoms with van der Waals surface area (Å²) >= 11 is 0. The van der Waals surface area contributed by atoms with Gasteiger partial charge in [0.2, 0.25) is 0 Å². The molecule has 0 aromatic heterocycles. The van der Waals surface area contributed by atoms with Crippen LogP contribution in [-0.4, -0.2) is 44.9 Å². The van der Waals surface area contributed by atoms with E-state index in [1.165, 1.54) is 18.4 Å². The highest BCUT2D eigenvalue weighted by Crippen LogP contribution is 2.43. The zero-order valence-electron chi connectivity index (χ0n) is 21.2. The number of para-hydroxylation sites is 1. The van der Waals surface area contributed by atoms with Crippen molar-refractivity contribution in [3.63, 3.8) is 0 Å². The minimum absolute atomic E-state index is 0. The molecule has 2 aromatic rings. The van der Waals surface area contributed by atoms with E-state index in [4.69, 9.17) is 9.47 Å². The molecule has 0 heterocycles. The van der Waals surface area contributed by atoms with E-state index in [1.807, 2.05) is 18.2 Å². The van der Waals surface area contributed by atoms with Gasteiger partial charge in [-0.15, -0.1) is 0 Å². The summed E-state index contributed by atoms with van der Waals surface area (Å²) in [6.45, 7) is 14.3. The lowest BCUT2D eigenvalue weighted by molar-refractivity contribution is -0.952. The fraction of sp³-hybridized carbons (Fsp3) is 0.571. The second kappa shape index (κ2) is 13.2. The molecule has 4 heteroatoms. The molecule has 0 radical (unpaired) electrons. The van der Waals surface area contributed by atoms with E-state index >= 15 is 0 Å². The van der Waals surface area contributed by atoms with E-state index in [2.05, 4.69) is 85.1 Å². The van der Waals surface area contributed by atoms with Gasteiger partial charge in [-0.05, 0) is 30.4 Å². The van der Waals surface area contributed by atoms with Crippen molar-refractivity contribution < 1.29 is 26.4 Å². The number of halogens is 1. The van der Waals surface area contributed by atoms with Gasteiger partial charge in [-0.1, -0.05) is 76.2 Å². The minimum atomic E-state index is 0. The van der Waals surface area contributed by atoms with E-state index in [-0.39, 0.29) is 17.9 Å². The lowest BCUT2D eigenvalue weighted by Gasteiger charge is -2.51. The van der Waals surface area contributed by atoms with Crippen molar-refractivity contribution in [3.8, 4) is 5.75 Å². The Morgan fingerprint density at radius 2 is 1.34 bits per heavy atom. The lowest BCUT2D eigenvalue weighted by Crippen LogP contribution is -3.00. The summed E-state index contributed by atoms with van der Waals surface area (Å²) in [4.78, 5) is 0. The van der Waals surface area contributed by atoms with Crippen molar-refractivity contribution in [2.45, 2.75) is 53.0 Å². The molecule has 32 heavy (non-hydrogen) atoms. The van der Waals surface area contributed by atoms with Crippen LogP contribution in [0.2, 0.25) is 0 Å². The van der Waals surface area contributed by atoms with Crippen molar-refractivity contribution >= 4 is 0 Å². The third-order valence-corrected chi connectivity index (χ3v) is 6.34. The highest BCUT2D eigenvalue weighted by atomic mass is 35.5. The highest BCUT2D eigenvalue weighted by Gasteiger charge is 2.47. The summed E-state index contributed by atoms with van der Waals surface area (Å²) in [5.41, 5.74) is 2.69. The van der Waals surface area contributed by atoms with Gasteiger partial charge in [-0.2, -0.15) is 0 Å². The van der Waals surface area contributed by atoms with Gasteiger partial charge < -0.3 is 26.4 Å². The molecule has 3 nitrogen and oxygen atoms in total. The number of rotatable bonds is 13. The van der Waals surface area contributed by atoms with Crippen LogP contribution in [0.15, 0.2) is 54.6 Å². The second-order valence-electron chi connectivity index (χ2n) is 10.2. The summed E-state index contributed by atoms with van der Waals surface area (Å²) in [6, 6.07) is 19.3. The summed E-state index contributed by atoms with van der Waals surface area (Å²) in [6.07, 6.45) is 2.33. The summed E-state index contributed by atoms with van der Waals surface area (Å²) in [5, 5.41) is 0. The van der Waals surface area contributed by atoms with Crippen LogP contribution >= 0.6 is 0 Å². The van der Waals surface area contributed by atoms with Crippen LogP contribution in [0.3, 0.4) is 0 Å². The maximum atomic E-state index is 6.03. The third kappa shape index (κ3) is 7.79. The first kappa shape index (κ1) is 28.5. The van der Waals surface area contributed by atoms with Gasteiger partial charge >= 0.3 is 0 Å². The van der Waals surface area contributed by atoms with Crippen LogP contribution in [-0.2, 0) is 10.3 Å². The van der Waals surface area contributed by atoms with Crippen molar-refractivity contribution in [1.82, 2.24) is 0 Å². The molecule has 0 N–H and O–H groups in total. The molecule has 0 bridgehead atoms. The minimum Gasteiger partial charge on any atom is -1.00 e. The van der Waals surface area contributed by atoms with Gasteiger partial charge in [0.05, 0.1) is 27.3 Å². The van der Waals surface area contributed by atoms with Crippen LogP contribution in [0.25, 0.3) is 0 Å². The first-order valence-corrected chi connectivity index (χ1v) is 11.8. The number of nitrogens with zero attached hydrogens (tertiary/aromatic N) is 1. The largest absolute Gasteiger partial charge is 1.00 e. The predicted molar refractivity (Wildman–Crippen MR) is 131 cm³/mol. The maximum Gasteiger partial charge on any atom is 0.125 e. The Morgan fingerprint density at radius 1 is 0.781 bits per heavy atom.